The molecule has 0 aromatic carbocycles. The van der Waals surface area contributed by atoms with E-state index < -0.39 is 0 Å². The van der Waals surface area contributed by atoms with Crippen LogP contribution in [0.5, 0.6) is 0 Å². The van der Waals surface area contributed by atoms with E-state index in [1.54, 1.807) is 24.5 Å². The third-order valence-electron chi connectivity index (χ3n) is 6.31. The monoisotopic (exact) mass is 387 g/mol. The molecule has 152 valence electrons. The summed E-state index contributed by atoms with van der Waals surface area (Å²) < 4.78 is 11.5. The van der Waals surface area contributed by atoms with E-state index in [9.17, 15) is 9.59 Å². The van der Waals surface area contributed by atoms with E-state index in [0.717, 1.165) is 25.7 Å². The molecule has 28 heavy (non-hydrogen) atoms. The third kappa shape index (κ3) is 4.36. The van der Waals surface area contributed by atoms with Crippen LogP contribution >= 0.6 is 0 Å². The number of nitrogens with zero attached hydrogens (tertiary/aromatic N) is 3. The summed E-state index contributed by atoms with van der Waals surface area (Å²) in [6.07, 6.45) is 7.44. The summed E-state index contributed by atoms with van der Waals surface area (Å²) >= 11 is 0. The predicted molar refractivity (Wildman–Crippen MR) is 103 cm³/mol. The molecule has 1 unspecified atom stereocenters. The van der Waals surface area contributed by atoms with Crippen LogP contribution in [0.1, 0.15) is 42.5 Å². The lowest BCUT2D eigenvalue weighted by atomic mass is 9.78. The van der Waals surface area contributed by atoms with Crippen molar-refractivity contribution in [1.29, 1.82) is 0 Å². The van der Waals surface area contributed by atoms with E-state index in [2.05, 4.69) is 4.98 Å². The molecular formula is C21H29N3O4. The van der Waals surface area contributed by atoms with E-state index in [1.807, 2.05) is 9.80 Å². The van der Waals surface area contributed by atoms with Gasteiger partial charge in [0.1, 0.15) is 0 Å². The van der Waals surface area contributed by atoms with E-state index >= 15 is 0 Å². The van der Waals surface area contributed by atoms with Crippen LogP contribution in [-0.2, 0) is 14.3 Å². The number of likely N-dealkylation sites (tertiary alicyclic amines) is 1. The third-order valence-corrected chi connectivity index (χ3v) is 6.31. The molecule has 0 N–H and O–H groups in total. The summed E-state index contributed by atoms with van der Waals surface area (Å²) in [5.41, 5.74) is 0.507. The Morgan fingerprint density at radius 3 is 2.46 bits per heavy atom. The molecule has 1 atom stereocenters. The first-order chi connectivity index (χ1) is 13.7. The molecule has 7 nitrogen and oxygen atoms in total. The van der Waals surface area contributed by atoms with Crippen molar-refractivity contribution in [3.8, 4) is 0 Å². The van der Waals surface area contributed by atoms with Gasteiger partial charge in [-0.1, -0.05) is 0 Å². The number of morpholine rings is 1. The average molecular weight is 387 g/mol. The largest absolute Gasteiger partial charge is 0.378 e. The lowest BCUT2D eigenvalue weighted by Gasteiger charge is -2.46. The van der Waals surface area contributed by atoms with Crippen LogP contribution in [0.2, 0.25) is 0 Å². The summed E-state index contributed by atoms with van der Waals surface area (Å²) in [4.78, 5) is 33.1. The number of hydrogen-bond donors (Lipinski definition) is 0. The van der Waals surface area contributed by atoms with E-state index in [-0.39, 0.29) is 17.4 Å². The smallest absolute Gasteiger partial charge is 0.253 e. The number of rotatable bonds is 3. The normalized spacial score (nSPS) is 24.9. The van der Waals surface area contributed by atoms with Crippen LogP contribution in [0.3, 0.4) is 0 Å². The molecule has 2 amide bonds. The Labute approximate surface area is 166 Å². The summed E-state index contributed by atoms with van der Waals surface area (Å²) in [6.45, 7) is 4.81. The molecule has 3 aliphatic heterocycles. The van der Waals surface area contributed by atoms with Gasteiger partial charge in [0, 0.05) is 57.2 Å². The number of pyridine rings is 1. The molecule has 4 heterocycles. The average Bonchev–Trinajstić information content (AvgIpc) is 2.75. The quantitative estimate of drug-likeness (QED) is 0.790. The molecule has 0 bridgehead atoms. The molecule has 1 aromatic rings. The Hall–Kier alpha value is -1.99. The lowest BCUT2D eigenvalue weighted by Crippen LogP contribution is -2.51. The number of ether oxygens (including phenoxy) is 2. The van der Waals surface area contributed by atoms with Crippen LogP contribution in [0, 0.1) is 5.92 Å². The van der Waals surface area contributed by atoms with E-state index in [0.29, 0.717) is 63.9 Å². The van der Waals surface area contributed by atoms with E-state index in [1.165, 1.54) is 0 Å². The van der Waals surface area contributed by atoms with Crippen molar-refractivity contribution < 1.29 is 19.1 Å². The second-order valence-electron chi connectivity index (χ2n) is 8.12. The van der Waals surface area contributed by atoms with Gasteiger partial charge in [-0.25, -0.2) is 0 Å². The second kappa shape index (κ2) is 8.57. The number of carbonyl (C=O) groups excluding carboxylic acids is 2. The fourth-order valence-corrected chi connectivity index (χ4v) is 4.64. The summed E-state index contributed by atoms with van der Waals surface area (Å²) in [5, 5.41) is 0. The Morgan fingerprint density at radius 1 is 1.04 bits per heavy atom. The van der Waals surface area contributed by atoms with Gasteiger partial charge < -0.3 is 19.3 Å². The van der Waals surface area contributed by atoms with Crippen LogP contribution < -0.4 is 0 Å². The summed E-state index contributed by atoms with van der Waals surface area (Å²) in [5.74, 6) is 0.675. The Morgan fingerprint density at radius 2 is 1.75 bits per heavy atom. The molecule has 7 heteroatoms. The molecule has 3 aliphatic rings. The molecule has 0 radical (unpaired) electrons. The molecule has 3 fully saturated rings. The van der Waals surface area contributed by atoms with Crippen LogP contribution in [-0.4, -0.2) is 78.2 Å². The van der Waals surface area contributed by atoms with Gasteiger partial charge in [-0.05, 0) is 43.7 Å². The highest BCUT2D eigenvalue weighted by molar-refractivity contribution is 5.94. The van der Waals surface area contributed by atoms with E-state index in [4.69, 9.17) is 9.47 Å². The van der Waals surface area contributed by atoms with Crippen LogP contribution in [0.15, 0.2) is 24.5 Å². The molecule has 0 saturated carbocycles. The minimum atomic E-state index is -0.177. The number of hydrogen-bond acceptors (Lipinski definition) is 5. The number of piperidine rings is 1. The first kappa shape index (κ1) is 19.3. The maximum atomic E-state index is 12.7. The molecule has 1 aromatic heterocycles. The van der Waals surface area contributed by atoms with Crippen LogP contribution in [0.4, 0.5) is 0 Å². The summed E-state index contributed by atoms with van der Waals surface area (Å²) in [7, 11) is 0. The van der Waals surface area contributed by atoms with Gasteiger partial charge in [0.15, 0.2) is 0 Å². The minimum Gasteiger partial charge on any atom is -0.378 e. The first-order valence-electron chi connectivity index (χ1n) is 10.3. The molecular weight excluding hydrogens is 358 g/mol. The van der Waals surface area contributed by atoms with Crippen molar-refractivity contribution in [3.63, 3.8) is 0 Å². The number of carbonyl (C=O) groups is 2. The van der Waals surface area contributed by atoms with Gasteiger partial charge in [0.25, 0.3) is 5.91 Å². The zero-order valence-corrected chi connectivity index (χ0v) is 16.3. The Balaban J connectivity index is 1.31. The first-order valence-corrected chi connectivity index (χ1v) is 10.3. The van der Waals surface area contributed by atoms with Crippen molar-refractivity contribution in [1.82, 2.24) is 14.8 Å². The summed E-state index contributed by atoms with van der Waals surface area (Å²) in [6, 6.07) is 3.52. The highest BCUT2D eigenvalue weighted by Crippen LogP contribution is 2.39. The van der Waals surface area contributed by atoms with Gasteiger partial charge in [-0.15, -0.1) is 0 Å². The molecule has 0 aliphatic carbocycles. The fraction of sp³-hybridized carbons (Fsp3) is 0.667. The maximum Gasteiger partial charge on any atom is 0.253 e. The number of aromatic nitrogens is 1. The van der Waals surface area contributed by atoms with Crippen molar-refractivity contribution in [2.45, 2.75) is 37.7 Å². The minimum absolute atomic E-state index is 0.0621. The topological polar surface area (TPSA) is 72.0 Å². The van der Waals surface area contributed by atoms with Gasteiger partial charge in [0.05, 0.1) is 18.8 Å². The fourth-order valence-electron chi connectivity index (χ4n) is 4.64. The van der Waals surface area contributed by atoms with Gasteiger partial charge in [-0.3, -0.25) is 14.6 Å². The van der Waals surface area contributed by atoms with Crippen LogP contribution in [0.25, 0.3) is 0 Å². The van der Waals surface area contributed by atoms with Crippen molar-refractivity contribution in [2.24, 2.45) is 5.92 Å². The van der Waals surface area contributed by atoms with Gasteiger partial charge >= 0.3 is 0 Å². The molecule has 4 rings (SSSR count). The van der Waals surface area contributed by atoms with Gasteiger partial charge in [-0.2, -0.15) is 0 Å². The van der Waals surface area contributed by atoms with Gasteiger partial charge in [0.2, 0.25) is 5.91 Å². The number of amides is 2. The standard InChI is InChI=1S/C21H29N3O4/c25-19(23-10-13-27-14-11-23)15-17-3-12-28-21(16-17)4-8-24(9-5-21)20(26)18-1-6-22-7-2-18/h1-2,6-7,17H,3-5,8-16H2. The highest BCUT2D eigenvalue weighted by atomic mass is 16.5. The predicted octanol–water partition coefficient (Wildman–Crippen LogP) is 1.73. The molecule has 1 spiro atoms. The Kier molecular flexibility index (Phi) is 5.92. The second-order valence-corrected chi connectivity index (χ2v) is 8.12. The van der Waals surface area contributed by atoms with Crippen molar-refractivity contribution in [2.75, 3.05) is 46.0 Å². The maximum absolute atomic E-state index is 12.7. The van der Waals surface area contributed by atoms with Crippen molar-refractivity contribution >= 4 is 11.8 Å². The highest BCUT2D eigenvalue weighted by Gasteiger charge is 2.41. The SMILES string of the molecule is O=C(CC1CCOC2(CCN(C(=O)c3ccncc3)CC2)C1)N1CCOCC1. The Bertz CT molecular complexity index is 682. The lowest BCUT2D eigenvalue weighted by molar-refractivity contribution is -0.143. The zero-order valence-electron chi connectivity index (χ0n) is 16.3. The zero-order chi connectivity index (χ0) is 19.4. The molecule has 3 saturated heterocycles. The van der Waals surface area contributed by atoms with Crippen molar-refractivity contribution in [3.05, 3.63) is 30.1 Å².